The molecule has 0 unspecified atom stereocenters. The molecule has 0 radical (unpaired) electrons. The number of hydrogen-bond acceptors (Lipinski definition) is 14. The van der Waals surface area contributed by atoms with Crippen LogP contribution in [-0.4, -0.2) is 57.2 Å². The van der Waals surface area contributed by atoms with Crippen molar-refractivity contribution >= 4 is 35.8 Å². The quantitative estimate of drug-likeness (QED) is 0.201. The molecule has 0 aromatic heterocycles. The molecule has 0 aliphatic carbocycles. The van der Waals surface area contributed by atoms with Gasteiger partial charge in [0.05, 0.1) is 11.9 Å². The summed E-state index contributed by atoms with van der Waals surface area (Å²) < 4.78 is 0. The summed E-state index contributed by atoms with van der Waals surface area (Å²) in [6.07, 6.45) is -5.43. The molecule has 0 amide bonds. The van der Waals surface area contributed by atoms with Crippen LogP contribution in [0.5, 0.6) is 0 Å². The van der Waals surface area contributed by atoms with Crippen LogP contribution in [0.1, 0.15) is 25.7 Å². The number of carbonyl (C=O) groups excluding carboxylic acids is 6. The maximum Gasteiger partial charge on any atom is 2.00 e. The fraction of sp³-hybridized carbons (Fsp3) is 0.500. The summed E-state index contributed by atoms with van der Waals surface area (Å²) in [6.45, 7) is 0. The Morgan fingerprint density at radius 3 is 0.690 bits per heavy atom. The molecule has 17 heteroatoms. The van der Waals surface area contributed by atoms with Gasteiger partial charge in [-0.2, -0.15) is 0 Å². The van der Waals surface area contributed by atoms with E-state index in [1.54, 1.807) is 0 Å². The molecule has 0 aliphatic rings. The first kappa shape index (κ1) is 38.3. The normalized spacial score (nSPS) is 9.72. The number of carbonyl (C=O) groups is 6. The molecule has 0 heterocycles. The van der Waals surface area contributed by atoms with Crippen LogP contribution < -0.4 is 30.6 Å². The molecule has 0 fully saturated rings. The minimum atomic E-state index is -2.97. The Morgan fingerprint density at radius 1 is 0.483 bits per heavy atom. The maximum atomic E-state index is 10.1. The van der Waals surface area contributed by atoms with Crippen LogP contribution in [0.25, 0.3) is 0 Å². The van der Waals surface area contributed by atoms with E-state index in [2.05, 4.69) is 0 Å². The van der Waals surface area contributed by atoms with Crippen LogP contribution in [-0.2, 0) is 90.0 Å². The molecule has 0 atom stereocenters. The SMILES string of the molecule is O=C([O-])CC(O)(CC(=O)[O-])C(=O)[O-].O=C([O-])CC(O)(CC(=O)[O-])C(=O)[O-].[Pd+2].[Pd+2].[Pd+2]. The maximum absolute atomic E-state index is 10.1. The van der Waals surface area contributed by atoms with Gasteiger partial charge in [0, 0.05) is 49.6 Å². The predicted octanol–water partition coefficient (Wildman–Crippen LogP) is -10.5. The summed E-state index contributed by atoms with van der Waals surface area (Å²) in [5.41, 5.74) is -5.95. The number of carboxylic acids is 6. The van der Waals surface area contributed by atoms with Gasteiger partial charge in [0.1, 0.15) is 11.2 Å². The zero-order valence-corrected chi connectivity index (χ0v) is 18.2. The minimum Gasteiger partial charge on any atom is -0.550 e. The Morgan fingerprint density at radius 2 is 0.621 bits per heavy atom. The molecule has 2 N–H and O–H groups in total. The van der Waals surface area contributed by atoms with E-state index in [1.165, 1.54) is 0 Å². The summed E-state index contributed by atoms with van der Waals surface area (Å²) in [5, 5.41) is 77.9. The van der Waals surface area contributed by atoms with Gasteiger partial charge in [0.25, 0.3) is 0 Å². The van der Waals surface area contributed by atoms with Crippen LogP contribution in [0, 0.1) is 0 Å². The number of aliphatic hydroxyl groups is 2. The first-order valence-corrected chi connectivity index (χ1v) is 6.23. The van der Waals surface area contributed by atoms with Crippen LogP contribution >= 0.6 is 0 Å². The average Bonchev–Trinajstić information content (AvgIpc) is 2.34. The first-order valence-electron chi connectivity index (χ1n) is 6.23. The second-order valence-electron chi connectivity index (χ2n) is 4.83. The molecule has 0 bridgehead atoms. The molecule has 0 spiro atoms. The summed E-state index contributed by atoms with van der Waals surface area (Å²) in [7, 11) is 0. The monoisotopic (exact) mass is 696 g/mol. The Bertz CT molecular complexity index is 521. The second-order valence-corrected chi connectivity index (χ2v) is 4.83. The Kier molecular flexibility index (Phi) is 21.8. The molecule has 0 saturated carbocycles. The van der Waals surface area contributed by atoms with Crippen molar-refractivity contribution in [2.45, 2.75) is 36.9 Å². The van der Waals surface area contributed by atoms with Crippen molar-refractivity contribution in [2.24, 2.45) is 0 Å². The Balaban J connectivity index is -0.000000120. The number of aliphatic carboxylic acids is 6. The van der Waals surface area contributed by atoms with Gasteiger partial charge in [-0.3, -0.25) is 0 Å². The Hall–Kier alpha value is -1.27. The fourth-order valence-corrected chi connectivity index (χ4v) is 1.37. The second kappa shape index (κ2) is 16.5. The summed E-state index contributed by atoms with van der Waals surface area (Å²) in [5.74, 6) is -12.0. The number of hydrogen-bond donors (Lipinski definition) is 2. The third-order valence-corrected chi connectivity index (χ3v) is 2.51. The van der Waals surface area contributed by atoms with E-state index in [0.29, 0.717) is 0 Å². The van der Waals surface area contributed by atoms with Gasteiger partial charge in [-0.15, -0.1) is 0 Å². The van der Waals surface area contributed by atoms with Gasteiger partial charge in [-0.1, -0.05) is 0 Å². The summed E-state index contributed by atoms with van der Waals surface area (Å²) in [6, 6.07) is 0. The molecule has 0 aromatic rings. The van der Waals surface area contributed by atoms with E-state index < -0.39 is 72.7 Å². The first-order chi connectivity index (χ1) is 11.6. The molecule has 0 rings (SSSR count). The zero-order chi connectivity index (χ0) is 21.3. The van der Waals surface area contributed by atoms with Crippen molar-refractivity contribution in [3.63, 3.8) is 0 Å². The van der Waals surface area contributed by atoms with Crippen molar-refractivity contribution in [3.05, 3.63) is 0 Å². The molecule has 0 aromatic carbocycles. The van der Waals surface area contributed by atoms with Gasteiger partial charge in [0.15, 0.2) is 0 Å². The van der Waals surface area contributed by atoms with E-state index in [1.807, 2.05) is 0 Å². The van der Waals surface area contributed by atoms with E-state index >= 15 is 0 Å². The van der Waals surface area contributed by atoms with Crippen molar-refractivity contribution in [3.8, 4) is 0 Å². The largest absolute Gasteiger partial charge is 2.00 e. The molecule has 0 saturated heterocycles. The van der Waals surface area contributed by atoms with Crippen LogP contribution in [0.15, 0.2) is 0 Å². The van der Waals surface area contributed by atoms with Crippen LogP contribution in [0.3, 0.4) is 0 Å². The third kappa shape index (κ3) is 17.3. The standard InChI is InChI=1S/2C6H8O7.3Pd/c2*7-3(8)1-6(13,5(11)12)2-4(9)10;;;/h2*13H,1-2H2,(H,7,8)(H,9,10)(H,11,12);;;/q;;3*+2/p-6. The number of carboxylic acid groups (broad SMARTS) is 6. The van der Waals surface area contributed by atoms with Gasteiger partial charge in [-0.25, -0.2) is 0 Å². The smallest absolute Gasteiger partial charge is 0.550 e. The van der Waals surface area contributed by atoms with Gasteiger partial charge < -0.3 is 69.6 Å². The molecule has 0 aliphatic heterocycles. The van der Waals surface area contributed by atoms with Crippen molar-refractivity contribution in [1.29, 1.82) is 0 Å². The van der Waals surface area contributed by atoms with E-state index in [-0.39, 0.29) is 61.3 Å². The molecular weight excluding hydrogens is 687 g/mol. The van der Waals surface area contributed by atoms with Gasteiger partial charge >= 0.3 is 61.3 Å². The molecule has 14 nitrogen and oxygen atoms in total. The number of rotatable bonds is 10. The van der Waals surface area contributed by atoms with E-state index in [9.17, 15) is 59.4 Å². The van der Waals surface area contributed by atoms with Crippen molar-refractivity contribution < 1.29 is 131 Å². The molecule has 172 valence electrons. The van der Waals surface area contributed by atoms with E-state index in [0.717, 1.165) is 0 Å². The topological polar surface area (TPSA) is 281 Å². The van der Waals surface area contributed by atoms with Gasteiger partial charge in [0.2, 0.25) is 0 Å². The summed E-state index contributed by atoms with van der Waals surface area (Å²) in [4.78, 5) is 60.0. The third-order valence-electron chi connectivity index (χ3n) is 2.51. The fourth-order valence-electron chi connectivity index (χ4n) is 1.37. The van der Waals surface area contributed by atoms with Gasteiger partial charge in [-0.05, 0) is 0 Å². The zero-order valence-electron chi connectivity index (χ0n) is 13.6. The minimum absolute atomic E-state index is 0. The van der Waals surface area contributed by atoms with Crippen molar-refractivity contribution in [2.75, 3.05) is 0 Å². The van der Waals surface area contributed by atoms with E-state index in [4.69, 9.17) is 10.2 Å². The summed E-state index contributed by atoms with van der Waals surface area (Å²) >= 11 is 0. The average molecular weight is 697 g/mol. The van der Waals surface area contributed by atoms with Crippen molar-refractivity contribution in [1.82, 2.24) is 0 Å². The molecular formula is C12H10O14Pd3. The Labute approximate surface area is 202 Å². The van der Waals surface area contributed by atoms with Crippen LogP contribution in [0.4, 0.5) is 0 Å². The molecule has 29 heavy (non-hydrogen) atoms. The van der Waals surface area contributed by atoms with Crippen LogP contribution in [0.2, 0.25) is 0 Å². The predicted molar refractivity (Wildman–Crippen MR) is 58.4 cm³/mol.